The number of aromatic nitrogens is 1. The van der Waals surface area contributed by atoms with Gasteiger partial charge >= 0.3 is 0 Å². The summed E-state index contributed by atoms with van der Waals surface area (Å²) >= 11 is 0. The van der Waals surface area contributed by atoms with Crippen molar-refractivity contribution in [1.29, 1.82) is 0 Å². The SMILES string of the molecule is Cc1ccccc1-c1cc2c3c([n+]1C)CCCC3(C)CCC2. The van der Waals surface area contributed by atoms with E-state index in [2.05, 4.69) is 55.8 Å². The lowest BCUT2D eigenvalue weighted by Gasteiger charge is -2.39. The van der Waals surface area contributed by atoms with Crippen molar-refractivity contribution < 1.29 is 4.57 Å². The molecule has 0 aliphatic heterocycles. The first-order chi connectivity index (χ1) is 10.6. The van der Waals surface area contributed by atoms with Crippen LogP contribution in [0.2, 0.25) is 0 Å². The van der Waals surface area contributed by atoms with Gasteiger partial charge in [-0.15, -0.1) is 0 Å². The summed E-state index contributed by atoms with van der Waals surface area (Å²) < 4.78 is 2.49. The lowest BCUT2D eigenvalue weighted by Crippen LogP contribution is -2.45. The molecule has 1 unspecified atom stereocenters. The van der Waals surface area contributed by atoms with Crippen molar-refractivity contribution in [2.24, 2.45) is 7.05 Å². The number of hydrogen-bond acceptors (Lipinski definition) is 0. The second kappa shape index (κ2) is 4.94. The van der Waals surface area contributed by atoms with Crippen LogP contribution in [0.1, 0.15) is 55.0 Å². The highest BCUT2D eigenvalue weighted by Gasteiger charge is 2.41. The topological polar surface area (TPSA) is 3.88 Å². The fraction of sp³-hybridized carbons (Fsp3) is 0.476. The van der Waals surface area contributed by atoms with Gasteiger partial charge in [0.05, 0.1) is 0 Å². The number of rotatable bonds is 1. The number of nitrogens with zero attached hydrogens (tertiary/aromatic N) is 1. The third-order valence-corrected chi connectivity index (χ3v) is 6.03. The van der Waals surface area contributed by atoms with Crippen LogP contribution in [0.25, 0.3) is 11.3 Å². The second-order valence-corrected chi connectivity index (χ2v) is 7.52. The highest BCUT2D eigenvalue weighted by Crippen LogP contribution is 2.45. The largest absolute Gasteiger partial charge is 0.213 e. The van der Waals surface area contributed by atoms with Gasteiger partial charge in [0.15, 0.2) is 5.69 Å². The van der Waals surface area contributed by atoms with Gasteiger partial charge in [0.25, 0.3) is 0 Å². The Morgan fingerprint density at radius 1 is 1.05 bits per heavy atom. The highest BCUT2D eigenvalue weighted by molar-refractivity contribution is 5.62. The molecule has 0 saturated carbocycles. The highest BCUT2D eigenvalue weighted by atomic mass is 15.0. The Kier molecular flexibility index (Phi) is 3.14. The first kappa shape index (κ1) is 14.0. The van der Waals surface area contributed by atoms with E-state index in [1.807, 2.05) is 0 Å². The molecule has 1 aromatic carbocycles. The lowest BCUT2D eigenvalue weighted by atomic mass is 9.64. The van der Waals surface area contributed by atoms with Crippen molar-refractivity contribution in [3.63, 3.8) is 0 Å². The molecule has 0 bridgehead atoms. The molecule has 2 aromatic rings. The molecule has 4 rings (SSSR count). The summed E-state index contributed by atoms with van der Waals surface area (Å²) in [5.41, 5.74) is 9.52. The molecular weight excluding hydrogens is 266 g/mol. The fourth-order valence-electron chi connectivity index (χ4n) is 4.87. The quantitative estimate of drug-likeness (QED) is 0.685. The summed E-state index contributed by atoms with van der Waals surface area (Å²) in [6.45, 7) is 4.73. The average molecular weight is 292 g/mol. The zero-order chi connectivity index (χ0) is 15.3. The van der Waals surface area contributed by atoms with Crippen LogP contribution >= 0.6 is 0 Å². The van der Waals surface area contributed by atoms with Crippen LogP contribution < -0.4 is 4.57 Å². The molecule has 0 spiro atoms. The Balaban J connectivity index is 1.99. The third-order valence-electron chi connectivity index (χ3n) is 6.03. The van der Waals surface area contributed by atoms with E-state index in [-0.39, 0.29) is 0 Å². The normalized spacial score (nSPS) is 23.2. The van der Waals surface area contributed by atoms with Crippen LogP contribution in [0, 0.1) is 6.92 Å². The molecule has 0 fully saturated rings. The minimum absolute atomic E-state index is 0.434. The van der Waals surface area contributed by atoms with Crippen molar-refractivity contribution in [3.05, 3.63) is 52.7 Å². The van der Waals surface area contributed by atoms with Crippen LogP contribution in [0.3, 0.4) is 0 Å². The summed E-state index contributed by atoms with van der Waals surface area (Å²) in [5.74, 6) is 0. The first-order valence-electron chi connectivity index (χ1n) is 8.71. The van der Waals surface area contributed by atoms with Crippen molar-refractivity contribution in [2.75, 3.05) is 0 Å². The number of benzene rings is 1. The predicted octanol–water partition coefficient (Wildman–Crippen LogP) is 4.42. The van der Waals surface area contributed by atoms with Gasteiger partial charge in [-0.1, -0.05) is 25.1 Å². The standard InChI is InChI=1S/C21H26N/c1-15-8-4-5-10-17(15)19-14-16-9-6-12-21(2)13-7-11-18(20(16)21)22(19)3/h4-5,8,10,14H,6-7,9,11-13H2,1-3H3/q+1. The van der Waals surface area contributed by atoms with Crippen molar-refractivity contribution in [3.8, 4) is 11.3 Å². The predicted molar refractivity (Wildman–Crippen MR) is 91.0 cm³/mol. The maximum atomic E-state index is 2.50. The smallest absolute Gasteiger partial charge is 0.198 e. The van der Waals surface area contributed by atoms with E-state index in [1.165, 1.54) is 55.3 Å². The summed E-state index contributed by atoms with van der Waals surface area (Å²) in [5, 5.41) is 0. The van der Waals surface area contributed by atoms with Crippen molar-refractivity contribution >= 4 is 0 Å². The Morgan fingerprint density at radius 3 is 2.55 bits per heavy atom. The van der Waals surface area contributed by atoms with Gasteiger partial charge in [-0.3, -0.25) is 0 Å². The summed E-state index contributed by atoms with van der Waals surface area (Å²) in [6.07, 6.45) is 7.94. The molecule has 1 atom stereocenters. The Hall–Kier alpha value is -1.63. The Morgan fingerprint density at radius 2 is 1.77 bits per heavy atom. The van der Waals surface area contributed by atoms with Crippen LogP contribution in [-0.4, -0.2) is 0 Å². The molecule has 0 N–H and O–H groups in total. The van der Waals surface area contributed by atoms with E-state index < -0.39 is 0 Å². The molecule has 1 nitrogen and oxygen atoms in total. The molecule has 0 saturated heterocycles. The zero-order valence-electron chi connectivity index (χ0n) is 14.1. The second-order valence-electron chi connectivity index (χ2n) is 7.52. The molecule has 0 radical (unpaired) electrons. The molecule has 114 valence electrons. The van der Waals surface area contributed by atoms with Gasteiger partial charge in [-0.2, -0.15) is 4.57 Å². The summed E-state index contributed by atoms with van der Waals surface area (Å²) in [4.78, 5) is 0. The van der Waals surface area contributed by atoms with Gasteiger partial charge in [-0.05, 0) is 61.6 Å². The number of hydrogen-bond donors (Lipinski definition) is 0. The molecule has 1 aromatic heterocycles. The van der Waals surface area contributed by atoms with E-state index >= 15 is 0 Å². The van der Waals surface area contributed by atoms with E-state index in [0.29, 0.717) is 5.41 Å². The molecule has 0 amide bonds. The summed E-state index contributed by atoms with van der Waals surface area (Å²) in [6, 6.07) is 11.3. The van der Waals surface area contributed by atoms with Crippen molar-refractivity contribution in [1.82, 2.24) is 0 Å². The Bertz CT molecular complexity index is 740. The molecule has 1 heterocycles. The molecule has 22 heavy (non-hydrogen) atoms. The van der Waals surface area contributed by atoms with E-state index in [4.69, 9.17) is 0 Å². The van der Waals surface area contributed by atoms with Gasteiger partial charge in [0.1, 0.15) is 7.05 Å². The van der Waals surface area contributed by atoms with Crippen LogP contribution in [-0.2, 0) is 25.3 Å². The lowest BCUT2D eigenvalue weighted by molar-refractivity contribution is -0.669. The van der Waals surface area contributed by atoms with Crippen molar-refractivity contribution in [2.45, 2.75) is 57.8 Å². The molecule has 2 aliphatic carbocycles. The average Bonchev–Trinajstić information content (AvgIpc) is 2.51. The fourth-order valence-corrected chi connectivity index (χ4v) is 4.87. The van der Waals surface area contributed by atoms with Gasteiger partial charge in [0.2, 0.25) is 5.69 Å². The van der Waals surface area contributed by atoms with Crippen LogP contribution in [0.5, 0.6) is 0 Å². The van der Waals surface area contributed by atoms with Gasteiger partial charge in [-0.25, -0.2) is 0 Å². The van der Waals surface area contributed by atoms with Crippen LogP contribution in [0.4, 0.5) is 0 Å². The number of pyridine rings is 1. The van der Waals surface area contributed by atoms with Gasteiger partial charge in [0, 0.05) is 23.6 Å². The monoisotopic (exact) mass is 292 g/mol. The third kappa shape index (κ3) is 1.95. The first-order valence-corrected chi connectivity index (χ1v) is 8.71. The van der Waals surface area contributed by atoms with Crippen LogP contribution in [0.15, 0.2) is 30.3 Å². The van der Waals surface area contributed by atoms with E-state index in [0.717, 1.165) is 0 Å². The molecular formula is C21H26N+. The molecule has 2 aliphatic rings. The van der Waals surface area contributed by atoms with Gasteiger partial charge < -0.3 is 0 Å². The maximum absolute atomic E-state index is 2.50. The minimum Gasteiger partial charge on any atom is -0.198 e. The van der Waals surface area contributed by atoms with E-state index in [9.17, 15) is 0 Å². The number of aryl methyl sites for hydroxylation is 2. The summed E-state index contributed by atoms with van der Waals surface area (Å²) in [7, 11) is 2.28. The minimum atomic E-state index is 0.434. The molecule has 1 heteroatoms. The Labute approximate surface area is 134 Å². The zero-order valence-corrected chi connectivity index (χ0v) is 14.1. The maximum Gasteiger partial charge on any atom is 0.213 e. The van der Waals surface area contributed by atoms with E-state index in [1.54, 1.807) is 16.8 Å².